The maximum atomic E-state index is 12.5. The highest BCUT2D eigenvalue weighted by molar-refractivity contribution is 6.10. The molecule has 0 saturated carbocycles. The fourth-order valence-electron chi connectivity index (χ4n) is 2.40. The number of fused-ring (bicyclic) bond motifs is 1. The molecule has 0 spiro atoms. The van der Waals surface area contributed by atoms with Gasteiger partial charge in [-0.05, 0) is 25.5 Å². The Balaban J connectivity index is 2.12. The number of methoxy groups -OCH3 is 1. The van der Waals surface area contributed by atoms with Gasteiger partial charge in [-0.3, -0.25) is 14.4 Å². The first-order valence-corrected chi connectivity index (χ1v) is 6.63. The summed E-state index contributed by atoms with van der Waals surface area (Å²) in [4.78, 5) is 36.8. The lowest BCUT2D eigenvalue weighted by Gasteiger charge is -2.19. The van der Waals surface area contributed by atoms with E-state index in [4.69, 9.17) is 0 Å². The molecule has 0 radical (unpaired) electrons. The number of carbonyl (C=O) groups is 3. The van der Waals surface area contributed by atoms with Crippen LogP contribution in [-0.2, 0) is 24.5 Å². The molecule has 1 aromatic carbocycles. The summed E-state index contributed by atoms with van der Waals surface area (Å²) in [5.74, 6) is -1.06. The third kappa shape index (κ3) is 2.74. The van der Waals surface area contributed by atoms with Crippen molar-refractivity contribution in [2.75, 3.05) is 25.1 Å². The maximum absolute atomic E-state index is 12.5. The van der Waals surface area contributed by atoms with Gasteiger partial charge in [-0.25, -0.2) is 0 Å². The monoisotopic (exact) mass is 290 g/mol. The highest BCUT2D eigenvalue weighted by atomic mass is 16.5. The van der Waals surface area contributed by atoms with Crippen molar-refractivity contribution in [2.45, 2.75) is 19.3 Å². The van der Waals surface area contributed by atoms with Gasteiger partial charge in [0.25, 0.3) is 0 Å². The van der Waals surface area contributed by atoms with Crippen LogP contribution in [0.25, 0.3) is 0 Å². The minimum absolute atomic E-state index is 0.115. The van der Waals surface area contributed by atoms with Gasteiger partial charge >= 0.3 is 5.97 Å². The molecule has 0 aromatic heterocycles. The molecular formula is C15H18N2O4. The first kappa shape index (κ1) is 15.0. The zero-order chi connectivity index (χ0) is 15.6. The quantitative estimate of drug-likeness (QED) is 0.824. The van der Waals surface area contributed by atoms with E-state index in [9.17, 15) is 14.4 Å². The van der Waals surface area contributed by atoms with Crippen molar-refractivity contribution in [3.63, 3.8) is 0 Å². The summed E-state index contributed by atoms with van der Waals surface area (Å²) in [5.41, 5.74) is 0.982. The Hall–Kier alpha value is -2.37. The minimum Gasteiger partial charge on any atom is -0.468 e. The van der Waals surface area contributed by atoms with Crippen LogP contribution in [-0.4, -0.2) is 38.0 Å². The highest BCUT2D eigenvalue weighted by Crippen LogP contribution is 2.40. The highest BCUT2D eigenvalue weighted by Gasteiger charge is 2.44. The van der Waals surface area contributed by atoms with Gasteiger partial charge in [0.15, 0.2) is 0 Å². The fraction of sp³-hybridized carbons (Fsp3) is 0.400. The van der Waals surface area contributed by atoms with Crippen LogP contribution in [0, 0.1) is 0 Å². The molecule has 1 aromatic rings. The molecule has 0 bridgehead atoms. The van der Waals surface area contributed by atoms with E-state index in [-0.39, 0.29) is 19.0 Å². The molecule has 2 amide bonds. The number of para-hydroxylation sites is 1. The first-order valence-electron chi connectivity index (χ1n) is 6.63. The van der Waals surface area contributed by atoms with Gasteiger partial charge in [-0.2, -0.15) is 0 Å². The summed E-state index contributed by atoms with van der Waals surface area (Å²) in [6, 6.07) is 7.40. The summed E-state index contributed by atoms with van der Waals surface area (Å²) in [5, 5.41) is 2.43. The number of nitrogens with one attached hydrogen (secondary N) is 1. The number of benzene rings is 1. The Bertz CT molecular complexity index is 595. The molecule has 1 heterocycles. The molecule has 0 unspecified atom stereocenters. The summed E-state index contributed by atoms with van der Waals surface area (Å²) in [6.07, 6.45) is 0. The summed E-state index contributed by atoms with van der Waals surface area (Å²) < 4.78 is 4.45. The summed E-state index contributed by atoms with van der Waals surface area (Å²) in [7, 11) is 1.25. The van der Waals surface area contributed by atoms with Crippen molar-refractivity contribution >= 4 is 23.5 Å². The second-order valence-electron chi connectivity index (χ2n) is 5.39. The minimum atomic E-state index is -0.654. The fourth-order valence-corrected chi connectivity index (χ4v) is 2.40. The second kappa shape index (κ2) is 5.55. The van der Waals surface area contributed by atoms with Gasteiger partial charge in [-0.1, -0.05) is 18.2 Å². The molecule has 6 heteroatoms. The van der Waals surface area contributed by atoms with Gasteiger partial charge in [0, 0.05) is 5.69 Å². The van der Waals surface area contributed by atoms with E-state index in [0.29, 0.717) is 0 Å². The van der Waals surface area contributed by atoms with Gasteiger partial charge in [0.05, 0.1) is 12.5 Å². The van der Waals surface area contributed by atoms with Crippen molar-refractivity contribution in [3.05, 3.63) is 29.8 Å². The molecule has 1 aliphatic heterocycles. The zero-order valence-corrected chi connectivity index (χ0v) is 12.3. The van der Waals surface area contributed by atoms with Gasteiger partial charge in [-0.15, -0.1) is 0 Å². The summed E-state index contributed by atoms with van der Waals surface area (Å²) in [6.45, 7) is 3.35. The molecule has 0 atom stereocenters. The number of nitrogens with zero attached hydrogens (tertiary/aromatic N) is 1. The predicted molar refractivity (Wildman–Crippen MR) is 76.8 cm³/mol. The van der Waals surface area contributed by atoms with Crippen LogP contribution in [0.15, 0.2) is 24.3 Å². The SMILES string of the molecule is COC(=O)CNC(=O)CN1C(=O)C(C)(C)c2ccccc21. The van der Waals surface area contributed by atoms with E-state index in [2.05, 4.69) is 10.1 Å². The van der Waals surface area contributed by atoms with Crippen LogP contribution >= 0.6 is 0 Å². The Morgan fingerprint density at radius 3 is 2.62 bits per heavy atom. The molecule has 0 fully saturated rings. The van der Waals surface area contributed by atoms with Gasteiger partial charge in [0.1, 0.15) is 13.1 Å². The molecule has 6 nitrogen and oxygen atoms in total. The number of amides is 2. The van der Waals surface area contributed by atoms with Crippen molar-refractivity contribution in [3.8, 4) is 0 Å². The van der Waals surface area contributed by atoms with E-state index in [1.807, 2.05) is 38.1 Å². The maximum Gasteiger partial charge on any atom is 0.325 e. The number of hydrogen-bond acceptors (Lipinski definition) is 4. The van der Waals surface area contributed by atoms with E-state index in [0.717, 1.165) is 11.3 Å². The molecule has 21 heavy (non-hydrogen) atoms. The number of rotatable bonds is 4. The number of esters is 1. The summed E-state index contributed by atoms with van der Waals surface area (Å²) >= 11 is 0. The predicted octanol–water partition coefficient (Wildman–Crippen LogP) is 0.600. The normalized spacial score (nSPS) is 15.6. The number of carbonyl (C=O) groups excluding carboxylic acids is 3. The van der Waals surface area contributed by atoms with Crippen LogP contribution < -0.4 is 10.2 Å². The van der Waals surface area contributed by atoms with Crippen molar-refractivity contribution in [2.24, 2.45) is 0 Å². The Labute approximate surface area is 123 Å². The van der Waals surface area contributed by atoms with Crippen LogP contribution in [0.2, 0.25) is 0 Å². The third-order valence-electron chi connectivity index (χ3n) is 3.61. The van der Waals surface area contributed by atoms with Crippen LogP contribution in [0.4, 0.5) is 5.69 Å². The molecule has 2 rings (SSSR count). The number of ether oxygens (including phenoxy) is 1. The molecule has 0 aliphatic carbocycles. The van der Waals surface area contributed by atoms with Gasteiger partial charge in [0.2, 0.25) is 11.8 Å². The van der Waals surface area contributed by atoms with Crippen LogP contribution in [0.5, 0.6) is 0 Å². The lowest BCUT2D eigenvalue weighted by molar-refractivity contribution is -0.141. The van der Waals surface area contributed by atoms with Crippen LogP contribution in [0.1, 0.15) is 19.4 Å². The van der Waals surface area contributed by atoms with E-state index in [1.165, 1.54) is 12.0 Å². The average Bonchev–Trinajstić information content (AvgIpc) is 2.66. The topological polar surface area (TPSA) is 75.7 Å². The number of hydrogen-bond donors (Lipinski definition) is 1. The standard InChI is InChI=1S/C15H18N2O4/c1-15(2)10-6-4-5-7-11(10)17(14(15)20)9-12(18)16-8-13(19)21-3/h4-7H,8-9H2,1-3H3,(H,16,18). The average molecular weight is 290 g/mol. The second-order valence-corrected chi connectivity index (χ2v) is 5.39. The Morgan fingerprint density at radius 2 is 1.95 bits per heavy atom. The van der Waals surface area contributed by atoms with Crippen LogP contribution in [0.3, 0.4) is 0 Å². The third-order valence-corrected chi connectivity index (χ3v) is 3.61. The Morgan fingerprint density at radius 1 is 1.29 bits per heavy atom. The smallest absolute Gasteiger partial charge is 0.325 e. The van der Waals surface area contributed by atoms with Crippen molar-refractivity contribution in [1.82, 2.24) is 5.32 Å². The number of anilines is 1. The molecule has 112 valence electrons. The molecule has 1 N–H and O–H groups in total. The first-order chi connectivity index (χ1) is 9.87. The lowest BCUT2D eigenvalue weighted by Crippen LogP contribution is -2.43. The Kier molecular flexibility index (Phi) is 3.97. The van der Waals surface area contributed by atoms with Crippen molar-refractivity contribution in [1.29, 1.82) is 0 Å². The molecule has 0 saturated heterocycles. The van der Waals surface area contributed by atoms with Crippen molar-refractivity contribution < 1.29 is 19.1 Å². The van der Waals surface area contributed by atoms with E-state index in [1.54, 1.807) is 0 Å². The molecular weight excluding hydrogens is 272 g/mol. The zero-order valence-electron chi connectivity index (χ0n) is 12.3. The lowest BCUT2D eigenvalue weighted by atomic mass is 9.86. The molecule has 1 aliphatic rings. The van der Waals surface area contributed by atoms with E-state index < -0.39 is 17.3 Å². The van der Waals surface area contributed by atoms with E-state index >= 15 is 0 Å². The largest absolute Gasteiger partial charge is 0.468 e. The van der Waals surface area contributed by atoms with Gasteiger partial charge < -0.3 is 15.0 Å².